The highest BCUT2D eigenvalue weighted by Gasteiger charge is 2.36. The number of hydrogen-bond donors (Lipinski definition) is 0. The van der Waals surface area contributed by atoms with E-state index in [1.54, 1.807) is 5.57 Å². The van der Waals surface area contributed by atoms with Crippen molar-refractivity contribution in [3.63, 3.8) is 0 Å². The first-order valence-corrected chi connectivity index (χ1v) is 11.3. The first-order valence-electron chi connectivity index (χ1n) is 11.3. The van der Waals surface area contributed by atoms with Gasteiger partial charge in [0.2, 0.25) is 0 Å². The quantitative estimate of drug-likeness (QED) is 0.454. The lowest BCUT2D eigenvalue weighted by atomic mass is 9.76. The molecule has 24 heavy (non-hydrogen) atoms. The van der Waals surface area contributed by atoms with Gasteiger partial charge in [-0.1, -0.05) is 76.9 Å². The van der Waals surface area contributed by atoms with Gasteiger partial charge in [-0.05, 0) is 75.5 Å². The summed E-state index contributed by atoms with van der Waals surface area (Å²) in [5, 5.41) is 0. The number of allylic oxidation sites excluding steroid dienone is 2. The molecule has 2 rings (SSSR count). The van der Waals surface area contributed by atoms with Gasteiger partial charge in [0.25, 0.3) is 0 Å². The van der Waals surface area contributed by atoms with Gasteiger partial charge >= 0.3 is 0 Å². The normalized spacial score (nSPS) is 30.4. The topological polar surface area (TPSA) is 0 Å². The van der Waals surface area contributed by atoms with Crippen molar-refractivity contribution in [2.45, 2.75) is 118 Å². The van der Waals surface area contributed by atoms with E-state index in [0.717, 1.165) is 23.7 Å². The van der Waals surface area contributed by atoms with Crippen LogP contribution in [0.5, 0.6) is 0 Å². The predicted octanol–water partition coefficient (Wildman–Crippen LogP) is 8.32. The summed E-state index contributed by atoms with van der Waals surface area (Å²) in [5.41, 5.74) is 3.65. The molecule has 2 aliphatic rings. The van der Waals surface area contributed by atoms with Crippen molar-refractivity contribution in [1.82, 2.24) is 0 Å². The van der Waals surface area contributed by atoms with E-state index < -0.39 is 0 Å². The molecular weight excluding hydrogens is 288 g/mol. The molecule has 0 amide bonds. The molecular formula is C24H44. The van der Waals surface area contributed by atoms with Crippen LogP contribution in [-0.4, -0.2) is 0 Å². The van der Waals surface area contributed by atoms with Crippen molar-refractivity contribution in [3.8, 4) is 0 Å². The molecule has 0 heteroatoms. The Morgan fingerprint density at radius 2 is 1.33 bits per heavy atom. The molecule has 0 bridgehead atoms. The van der Waals surface area contributed by atoms with Gasteiger partial charge in [0.05, 0.1) is 0 Å². The van der Waals surface area contributed by atoms with E-state index in [1.165, 1.54) is 89.9 Å². The standard InChI is InChI=1S/C24H44/c1-5-21-16-17-23(24(21)19(2)3)18-20(4)22-14-12-10-8-6-7-9-11-13-15-22/h19,21,23-24H,5-18H2,1-4H3. The van der Waals surface area contributed by atoms with Crippen LogP contribution in [0.25, 0.3) is 0 Å². The van der Waals surface area contributed by atoms with Gasteiger partial charge in [0.1, 0.15) is 0 Å². The molecule has 140 valence electrons. The molecule has 0 aromatic rings. The van der Waals surface area contributed by atoms with E-state index in [-0.39, 0.29) is 0 Å². The fourth-order valence-electron chi connectivity index (χ4n) is 5.83. The van der Waals surface area contributed by atoms with Gasteiger partial charge in [-0.15, -0.1) is 0 Å². The maximum Gasteiger partial charge on any atom is -0.0289 e. The van der Waals surface area contributed by atoms with Crippen LogP contribution < -0.4 is 0 Å². The van der Waals surface area contributed by atoms with E-state index in [0.29, 0.717) is 0 Å². The summed E-state index contributed by atoms with van der Waals surface area (Å²) < 4.78 is 0. The molecule has 0 aliphatic heterocycles. The maximum atomic E-state index is 2.49. The SMILES string of the molecule is CCC1CCC(CC(C)=C2CCCCCCCCCC2)C1C(C)C. The Kier molecular flexibility index (Phi) is 8.92. The minimum Gasteiger partial charge on any atom is -0.0738 e. The molecule has 0 heterocycles. The van der Waals surface area contributed by atoms with Crippen molar-refractivity contribution >= 4 is 0 Å². The van der Waals surface area contributed by atoms with Crippen molar-refractivity contribution in [2.75, 3.05) is 0 Å². The minimum absolute atomic E-state index is 0.868. The molecule has 3 unspecified atom stereocenters. The Morgan fingerprint density at radius 3 is 1.83 bits per heavy atom. The third-order valence-electron chi connectivity index (χ3n) is 7.17. The Balaban J connectivity index is 2.00. The number of hydrogen-bond acceptors (Lipinski definition) is 0. The second-order valence-corrected chi connectivity index (χ2v) is 9.24. The molecule has 3 atom stereocenters. The molecule has 0 N–H and O–H groups in total. The van der Waals surface area contributed by atoms with Crippen molar-refractivity contribution in [3.05, 3.63) is 11.1 Å². The van der Waals surface area contributed by atoms with Gasteiger partial charge in [0, 0.05) is 0 Å². The van der Waals surface area contributed by atoms with Crippen LogP contribution in [0.1, 0.15) is 118 Å². The lowest BCUT2D eigenvalue weighted by Gasteiger charge is -2.29. The zero-order chi connectivity index (χ0) is 17.4. The Hall–Kier alpha value is -0.260. The highest BCUT2D eigenvalue weighted by Crippen LogP contribution is 2.46. The molecule has 2 saturated carbocycles. The maximum absolute atomic E-state index is 2.49. The van der Waals surface area contributed by atoms with Gasteiger partial charge in [-0.25, -0.2) is 0 Å². The molecule has 0 aromatic heterocycles. The van der Waals surface area contributed by atoms with Crippen LogP contribution in [0.15, 0.2) is 11.1 Å². The first-order chi connectivity index (χ1) is 11.6. The van der Waals surface area contributed by atoms with E-state index >= 15 is 0 Å². The van der Waals surface area contributed by atoms with E-state index in [1.807, 2.05) is 5.57 Å². The fraction of sp³-hybridized carbons (Fsp3) is 0.917. The summed E-state index contributed by atoms with van der Waals surface area (Å²) in [7, 11) is 0. The summed E-state index contributed by atoms with van der Waals surface area (Å²) in [4.78, 5) is 0. The molecule has 0 nitrogen and oxygen atoms in total. The van der Waals surface area contributed by atoms with E-state index in [4.69, 9.17) is 0 Å². The highest BCUT2D eigenvalue weighted by molar-refractivity contribution is 5.14. The average Bonchev–Trinajstić information content (AvgIpc) is 2.93. The van der Waals surface area contributed by atoms with Gasteiger partial charge in [-0.3, -0.25) is 0 Å². The van der Waals surface area contributed by atoms with Gasteiger partial charge in [-0.2, -0.15) is 0 Å². The second kappa shape index (κ2) is 10.7. The molecule has 0 spiro atoms. The summed E-state index contributed by atoms with van der Waals surface area (Å²) >= 11 is 0. The van der Waals surface area contributed by atoms with Crippen molar-refractivity contribution < 1.29 is 0 Å². The van der Waals surface area contributed by atoms with Crippen molar-refractivity contribution in [1.29, 1.82) is 0 Å². The second-order valence-electron chi connectivity index (χ2n) is 9.24. The lowest BCUT2D eigenvalue weighted by Crippen LogP contribution is -2.21. The average molecular weight is 333 g/mol. The zero-order valence-electron chi connectivity index (χ0n) is 17.2. The zero-order valence-corrected chi connectivity index (χ0v) is 17.2. The van der Waals surface area contributed by atoms with Crippen LogP contribution in [0.2, 0.25) is 0 Å². The van der Waals surface area contributed by atoms with Crippen LogP contribution in [0.3, 0.4) is 0 Å². The van der Waals surface area contributed by atoms with Crippen LogP contribution >= 0.6 is 0 Å². The monoisotopic (exact) mass is 332 g/mol. The molecule has 0 saturated heterocycles. The van der Waals surface area contributed by atoms with Crippen LogP contribution in [-0.2, 0) is 0 Å². The van der Waals surface area contributed by atoms with E-state index in [9.17, 15) is 0 Å². The van der Waals surface area contributed by atoms with Gasteiger partial charge < -0.3 is 0 Å². The summed E-state index contributed by atoms with van der Waals surface area (Å²) in [5.74, 6) is 3.82. The fourth-order valence-corrected chi connectivity index (χ4v) is 5.83. The Morgan fingerprint density at radius 1 is 0.833 bits per heavy atom. The van der Waals surface area contributed by atoms with Crippen LogP contribution in [0, 0.1) is 23.7 Å². The lowest BCUT2D eigenvalue weighted by molar-refractivity contribution is 0.224. The third kappa shape index (κ3) is 5.92. The summed E-state index contributed by atoms with van der Waals surface area (Å²) in [6, 6.07) is 0. The van der Waals surface area contributed by atoms with Gasteiger partial charge in [0.15, 0.2) is 0 Å². The summed E-state index contributed by atoms with van der Waals surface area (Å²) in [6.07, 6.45) is 20.3. The first kappa shape index (κ1) is 20.1. The molecule has 0 radical (unpaired) electrons. The Bertz CT molecular complexity index is 361. The largest absolute Gasteiger partial charge is 0.0738 e. The predicted molar refractivity (Wildman–Crippen MR) is 108 cm³/mol. The van der Waals surface area contributed by atoms with E-state index in [2.05, 4.69) is 27.7 Å². The smallest absolute Gasteiger partial charge is 0.0289 e. The molecule has 0 aromatic carbocycles. The van der Waals surface area contributed by atoms with Crippen LogP contribution in [0.4, 0.5) is 0 Å². The third-order valence-corrected chi connectivity index (χ3v) is 7.17. The van der Waals surface area contributed by atoms with Crippen molar-refractivity contribution in [2.24, 2.45) is 23.7 Å². The Labute approximate surface area is 152 Å². The summed E-state index contributed by atoms with van der Waals surface area (Å²) in [6.45, 7) is 9.85. The molecule has 2 aliphatic carbocycles. The highest BCUT2D eigenvalue weighted by atomic mass is 14.4. The molecule has 2 fully saturated rings. The minimum atomic E-state index is 0.868. The number of rotatable bonds is 4.